The molecule has 116 valence electrons. The lowest BCUT2D eigenvalue weighted by molar-refractivity contribution is -0.137. The number of nitrogens with zero attached hydrogens (tertiary/aromatic N) is 2. The van der Waals surface area contributed by atoms with Crippen LogP contribution in [0.3, 0.4) is 0 Å². The summed E-state index contributed by atoms with van der Waals surface area (Å²) in [6.07, 6.45) is -3.64. The Bertz CT molecular complexity index is 622. The predicted octanol–water partition coefficient (Wildman–Crippen LogP) is 4.39. The van der Waals surface area contributed by atoms with Crippen molar-refractivity contribution in [1.29, 1.82) is 0 Å². The van der Waals surface area contributed by atoms with Crippen LogP contribution >= 0.6 is 11.6 Å². The molecular weight excluding hydrogens is 305 g/mol. The standard InChI is InChI=1S/C14H16ClF3N2O/c1-9(15)13-19-11-8-10(14(16,17)18)4-5-12(11)20(13)6-3-7-21-2/h4-5,8-9H,3,6-7H2,1-2H3. The maximum Gasteiger partial charge on any atom is 0.416 e. The van der Waals surface area contributed by atoms with Crippen LogP contribution in [0, 0.1) is 0 Å². The van der Waals surface area contributed by atoms with Gasteiger partial charge in [-0.1, -0.05) is 0 Å². The number of fused-ring (bicyclic) bond motifs is 1. The quantitative estimate of drug-likeness (QED) is 0.603. The summed E-state index contributed by atoms with van der Waals surface area (Å²) in [6.45, 7) is 2.92. The third-order valence-corrected chi connectivity index (χ3v) is 3.39. The Hall–Kier alpha value is -1.27. The Kier molecular flexibility index (Phi) is 4.78. The molecule has 0 saturated carbocycles. The zero-order valence-electron chi connectivity index (χ0n) is 11.7. The minimum Gasteiger partial charge on any atom is -0.385 e. The number of benzene rings is 1. The maximum atomic E-state index is 12.8. The lowest BCUT2D eigenvalue weighted by atomic mass is 10.2. The Labute approximate surface area is 125 Å². The number of aromatic nitrogens is 2. The van der Waals surface area contributed by atoms with Crippen molar-refractivity contribution in [2.45, 2.75) is 31.4 Å². The summed E-state index contributed by atoms with van der Waals surface area (Å²) >= 11 is 6.09. The molecule has 0 amide bonds. The third kappa shape index (κ3) is 3.49. The molecule has 0 aliphatic rings. The molecule has 1 atom stereocenters. The molecule has 0 spiro atoms. The zero-order valence-corrected chi connectivity index (χ0v) is 12.5. The first kappa shape index (κ1) is 16.1. The molecule has 0 fully saturated rings. The number of alkyl halides is 4. The van der Waals surface area contributed by atoms with Gasteiger partial charge in [-0.3, -0.25) is 0 Å². The fourth-order valence-corrected chi connectivity index (χ4v) is 2.40. The molecular formula is C14H16ClF3N2O. The van der Waals surface area contributed by atoms with E-state index in [-0.39, 0.29) is 5.38 Å². The van der Waals surface area contributed by atoms with Crippen LogP contribution in [0.4, 0.5) is 13.2 Å². The van der Waals surface area contributed by atoms with Crippen LogP contribution in [0.5, 0.6) is 0 Å². The topological polar surface area (TPSA) is 27.1 Å². The molecule has 1 aromatic carbocycles. The van der Waals surface area contributed by atoms with Crippen LogP contribution in [0.25, 0.3) is 11.0 Å². The number of methoxy groups -OCH3 is 1. The molecule has 1 aromatic heterocycles. The predicted molar refractivity (Wildman–Crippen MR) is 75.5 cm³/mol. The van der Waals surface area contributed by atoms with Gasteiger partial charge < -0.3 is 9.30 Å². The van der Waals surface area contributed by atoms with Crippen LogP contribution in [0.15, 0.2) is 18.2 Å². The van der Waals surface area contributed by atoms with Crippen molar-refractivity contribution in [2.24, 2.45) is 0 Å². The molecule has 1 heterocycles. The Morgan fingerprint density at radius 1 is 1.38 bits per heavy atom. The van der Waals surface area contributed by atoms with Gasteiger partial charge in [-0.2, -0.15) is 13.2 Å². The normalized spacial score (nSPS) is 13.8. The fraction of sp³-hybridized carbons (Fsp3) is 0.500. The van der Waals surface area contributed by atoms with E-state index in [0.717, 1.165) is 18.6 Å². The van der Waals surface area contributed by atoms with Gasteiger partial charge >= 0.3 is 6.18 Å². The summed E-state index contributed by atoms with van der Waals surface area (Å²) in [7, 11) is 1.60. The molecule has 0 aliphatic heterocycles. The van der Waals surface area contributed by atoms with Crippen molar-refractivity contribution in [1.82, 2.24) is 9.55 Å². The van der Waals surface area contributed by atoms with E-state index in [1.54, 1.807) is 14.0 Å². The zero-order chi connectivity index (χ0) is 15.6. The molecule has 1 unspecified atom stereocenters. The fourth-order valence-electron chi connectivity index (χ4n) is 2.23. The first-order valence-corrected chi connectivity index (χ1v) is 6.98. The van der Waals surface area contributed by atoms with Crippen LogP contribution in [0.2, 0.25) is 0 Å². The molecule has 0 bridgehead atoms. The monoisotopic (exact) mass is 320 g/mol. The molecule has 0 aliphatic carbocycles. The minimum absolute atomic E-state index is 0.310. The smallest absolute Gasteiger partial charge is 0.385 e. The van der Waals surface area contributed by atoms with Gasteiger partial charge in [0.2, 0.25) is 0 Å². The van der Waals surface area contributed by atoms with Crippen LogP contribution < -0.4 is 0 Å². The number of aryl methyl sites for hydroxylation is 1. The summed E-state index contributed by atoms with van der Waals surface area (Å²) in [5.74, 6) is 0.571. The van der Waals surface area contributed by atoms with E-state index in [2.05, 4.69) is 4.98 Å². The van der Waals surface area contributed by atoms with Gasteiger partial charge in [0, 0.05) is 20.3 Å². The average Bonchev–Trinajstić information content (AvgIpc) is 2.76. The number of hydrogen-bond acceptors (Lipinski definition) is 2. The Morgan fingerprint density at radius 2 is 2.10 bits per heavy atom. The van der Waals surface area contributed by atoms with E-state index in [4.69, 9.17) is 16.3 Å². The van der Waals surface area contributed by atoms with Crippen molar-refractivity contribution < 1.29 is 17.9 Å². The van der Waals surface area contributed by atoms with Crippen molar-refractivity contribution in [3.8, 4) is 0 Å². The minimum atomic E-state index is -4.37. The van der Waals surface area contributed by atoms with E-state index in [0.29, 0.717) is 30.0 Å². The Balaban J connectivity index is 2.47. The highest BCUT2D eigenvalue weighted by Crippen LogP contribution is 2.32. The second kappa shape index (κ2) is 6.23. The summed E-state index contributed by atoms with van der Waals surface area (Å²) in [5.41, 5.74) is 0.261. The second-order valence-electron chi connectivity index (χ2n) is 4.79. The highest BCUT2D eigenvalue weighted by molar-refractivity contribution is 6.20. The van der Waals surface area contributed by atoms with E-state index >= 15 is 0 Å². The lowest BCUT2D eigenvalue weighted by Crippen LogP contribution is -2.07. The molecule has 3 nitrogen and oxygen atoms in total. The second-order valence-corrected chi connectivity index (χ2v) is 5.44. The van der Waals surface area contributed by atoms with E-state index in [1.165, 1.54) is 6.07 Å². The molecule has 0 radical (unpaired) electrons. The van der Waals surface area contributed by atoms with Crippen molar-refractivity contribution in [2.75, 3.05) is 13.7 Å². The number of ether oxygens (including phenoxy) is 1. The van der Waals surface area contributed by atoms with Gasteiger partial charge in [-0.05, 0) is 31.5 Å². The van der Waals surface area contributed by atoms with Crippen LogP contribution in [-0.4, -0.2) is 23.3 Å². The Morgan fingerprint density at radius 3 is 2.67 bits per heavy atom. The third-order valence-electron chi connectivity index (χ3n) is 3.19. The van der Waals surface area contributed by atoms with E-state index in [1.807, 2.05) is 4.57 Å². The van der Waals surface area contributed by atoms with Crippen molar-refractivity contribution in [3.05, 3.63) is 29.6 Å². The van der Waals surface area contributed by atoms with Crippen molar-refractivity contribution >= 4 is 22.6 Å². The average molecular weight is 321 g/mol. The van der Waals surface area contributed by atoms with Gasteiger partial charge in [0.15, 0.2) is 0 Å². The number of halogens is 4. The summed E-state index contributed by atoms with van der Waals surface area (Å²) < 4.78 is 45.1. The molecule has 2 rings (SSSR count). The van der Waals surface area contributed by atoms with E-state index in [9.17, 15) is 13.2 Å². The number of imidazole rings is 1. The van der Waals surface area contributed by atoms with Gasteiger partial charge in [-0.25, -0.2) is 4.98 Å². The molecule has 0 N–H and O–H groups in total. The highest BCUT2D eigenvalue weighted by atomic mass is 35.5. The number of hydrogen-bond donors (Lipinski definition) is 0. The molecule has 0 saturated heterocycles. The first-order valence-electron chi connectivity index (χ1n) is 6.55. The van der Waals surface area contributed by atoms with Crippen molar-refractivity contribution in [3.63, 3.8) is 0 Å². The molecule has 7 heteroatoms. The summed E-state index contributed by atoms with van der Waals surface area (Å²) in [5, 5.41) is -0.380. The SMILES string of the molecule is COCCCn1c(C(C)Cl)nc2cc(C(F)(F)F)ccc21. The van der Waals surface area contributed by atoms with Gasteiger partial charge in [0.05, 0.1) is 22.0 Å². The maximum absolute atomic E-state index is 12.8. The largest absolute Gasteiger partial charge is 0.416 e. The molecule has 2 aromatic rings. The highest BCUT2D eigenvalue weighted by Gasteiger charge is 2.31. The summed E-state index contributed by atoms with van der Waals surface area (Å²) in [6, 6.07) is 3.57. The van der Waals surface area contributed by atoms with Gasteiger partial charge in [0.25, 0.3) is 0 Å². The first-order chi connectivity index (χ1) is 9.84. The number of rotatable bonds is 5. The van der Waals surface area contributed by atoms with E-state index < -0.39 is 11.7 Å². The van der Waals surface area contributed by atoms with Gasteiger partial charge in [-0.15, -0.1) is 11.6 Å². The molecule has 21 heavy (non-hydrogen) atoms. The lowest BCUT2D eigenvalue weighted by Gasteiger charge is -2.10. The summed E-state index contributed by atoms with van der Waals surface area (Å²) in [4.78, 5) is 4.26. The van der Waals surface area contributed by atoms with Gasteiger partial charge in [0.1, 0.15) is 5.82 Å². The van der Waals surface area contributed by atoms with Crippen LogP contribution in [-0.2, 0) is 17.5 Å². The van der Waals surface area contributed by atoms with Crippen LogP contribution in [0.1, 0.15) is 30.1 Å².